The highest BCUT2D eigenvalue weighted by Gasteiger charge is 2.35. The average Bonchev–Trinajstić information content (AvgIpc) is 3.11. The number of imide groups is 1. The number of benzene rings is 2. The maximum atomic E-state index is 13.4. The van der Waals surface area contributed by atoms with Gasteiger partial charge >= 0.3 is 0 Å². The van der Waals surface area contributed by atoms with Crippen LogP contribution in [0, 0.1) is 0 Å². The van der Waals surface area contributed by atoms with Crippen molar-refractivity contribution in [2.45, 2.75) is 58.5 Å². The largest absolute Gasteiger partial charge is 0.354 e. The Labute approximate surface area is 221 Å². The molecule has 1 unspecified atom stereocenters. The number of amides is 4. The fraction of sp³-hybridized carbons (Fsp3) is 0.407. The number of fused-ring (bicyclic) bond motifs is 1. The zero-order chi connectivity index (χ0) is 26.2. The van der Waals surface area contributed by atoms with Gasteiger partial charge in [-0.1, -0.05) is 61.7 Å². The standard InChI is InChI=1S/C27H31Cl2N3O4/c1-3-5-14-30-25(34)23(4-2)32(17-18-12-13-21(28)22(29)16-18)24(33)11-8-15-31-26(35)19-9-6-7-10-20(19)27(31)36/h6-7,9-10,12-13,16,23H,3-5,8,11,14-15,17H2,1-2H3,(H,30,34). The summed E-state index contributed by atoms with van der Waals surface area (Å²) in [4.78, 5) is 54.3. The molecular formula is C27H31Cl2N3O4. The van der Waals surface area contributed by atoms with Crippen LogP contribution in [-0.4, -0.2) is 52.6 Å². The van der Waals surface area contributed by atoms with E-state index in [-0.39, 0.29) is 49.6 Å². The van der Waals surface area contributed by atoms with E-state index < -0.39 is 6.04 Å². The first kappa shape index (κ1) is 27.7. The normalized spacial score (nSPS) is 13.5. The summed E-state index contributed by atoms with van der Waals surface area (Å²) in [5.41, 5.74) is 1.51. The van der Waals surface area contributed by atoms with Crippen LogP contribution in [0.3, 0.4) is 0 Å². The zero-order valence-electron chi connectivity index (χ0n) is 20.6. The fourth-order valence-electron chi connectivity index (χ4n) is 4.23. The lowest BCUT2D eigenvalue weighted by Crippen LogP contribution is -2.49. The second kappa shape index (κ2) is 12.9. The predicted octanol–water partition coefficient (Wildman–Crippen LogP) is 5.09. The lowest BCUT2D eigenvalue weighted by molar-refractivity contribution is -0.141. The molecular weight excluding hydrogens is 501 g/mol. The SMILES string of the molecule is CCCCNC(=O)C(CC)N(Cc1ccc(Cl)c(Cl)c1)C(=O)CCCN1C(=O)c2ccccc2C1=O. The maximum Gasteiger partial charge on any atom is 0.261 e. The molecule has 1 atom stereocenters. The molecule has 0 saturated heterocycles. The highest BCUT2D eigenvalue weighted by atomic mass is 35.5. The summed E-state index contributed by atoms with van der Waals surface area (Å²) < 4.78 is 0. The summed E-state index contributed by atoms with van der Waals surface area (Å²) in [5.74, 6) is -1.15. The van der Waals surface area contributed by atoms with Gasteiger partial charge in [0.1, 0.15) is 6.04 Å². The van der Waals surface area contributed by atoms with Crippen LogP contribution in [0.15, 0.2) is 42.5 Å². The molecule has 3 rings (SSSR count). The first-order chi connectivity index (χ1) is 17.3. The molecule has 1 heterocycles. The lowest BCUT2D eigenvalue weighted by Gasteiger charge is -2.31. The highest BCUT2D eigenvalue weighted by molar-refractivity contribution is 6.42. The quantitative estimate of drug-likeness (QED) is 0.305. The van der Waals surface area contributed by atoms with Crippen molar-refractivity contribution < 1.29 is 19.2 Å². The Balaban J connectivity index is 1.71. The highest BCUT2D eigenvalue weighted by Crippen LogP contribution is 2.25. The number of hydrogen-bond donors (Lipinski definition) is 1. The van der Waals surface area contributed by atoms with Gasteiger partial charge in [0, 0.05) is 26.1 Å². The molecule has 7 nitrogen and oxygen atoms in total. The summed E-state index contributed by atoms with van der Waals surface area (Å²) in [6, 6.07) is 11.1. The van der Waals surface area contributed by atoms with Crippen LogP contribution < -0.4 is 5.32 Å². The van der Waals surface area contributed by atoms with Crippen LogP contribution in [0.2, 0.25) is 10.0 Å². The van der Waals surface area contributed by atoms with Gasteiger partial charge in [0.2, 0.25) is 11.8 Å². The Morgan fingerprint density at radius 2 is 1.64 bits per heavy atom. The van der Waals surface area contributed by atoms with E-state index in [1.807, 2.05) is 13.8 Å². The van der Waals surface area contributed by atoms with E-state index in [1.54, 1.807) is 47.4 Å². The molecule has 4 amide bonds. The Morgan fingerprint density at radius 1 is 0.972 bits per heavy atom. The van der Waals surface area contributed by atoms with Crippen LogP contribution >= 0.6 is 23.2 Å². The summed E-state index contributed by atoms with van der Waals surface area (Å²) in [6.45, 7) is 4.75. The molecule has 0 spiro atoms. The predicted molar refractivity (Wildman–Crippen MR) is 140 cm³/mol. The molecule has 2 aromatic rings. The molecule has 36 heavy (non-hydrogen) atoms. The molecule has 9 heteroatoms. The number of carbonyl (C=O) groups is 4. The molecule has 0 aliphatic carbocycles. The van der Waals surface area contributed by atoms with Gasteiger partial charge in [0.15, 0.2) is 0 Å². The average molecular weight is 532 g/mol. The topological polar surface area (TPSA) is 86.8 Å². The van der Waals surface area contributed by atoms with E-state index in [4.69, 9.17) is 23.2 Å². The van der Waals surface area contributed by atoms with Crippen molar-refractivity contribution in [2.24, 2.45) is 0 Å². The summed E-state index contributed by atoms with van der Waals surface area (Å²) in [5, 5.41) is 3.70. The van der Waals surface area contributed by atoms with Crippen LogP contribution in [0.1, 0.15) is 72.2 Å². The molecule has 0 aromatic heterocycles. The van der Waals surface area contributed by atoms with Crippen molar-refractivity contribution in [1.29, 1.82) is 0 Å². The van der Waals surface area contributed by atoms with Gasteiger partial charge in [-0.2, -0.15) is 0 Å². The third kappa shape index (κ3) is 6.45. The van der Waals surface area contributed by atoms with Crippen molar-refractivity contribution in [1.82, 2.24) is 15.1 Å². The van der Waals surface area contributed by atoms with Gasteiger partial charge in [-0.15, -0.1) is 0 Å². The molecule has 0 radical (unpaired) electrons. The molecule has 0 bridgehead atoms. The molecule has 0 fully saturated rings. The van der Waals surface area contributed by atoms with E-state index >= 15 is 0 Å². The number of nitrogens with zero attached hydrogens (tertiary/aromatic N) is 2. The molecule has 1 N–H and O–H groups in total. The van der Waals surface area contributed by atoms with Crippen molar-refractivity contribution in [3.8, 4) is 0 Å². The second-order valence-corrected chi connectivity index (χ2v) is 9.56. The van der Waals surface area contributed by atoms with E-state index in [9.17, 15) is 19.2 Å². The van der Waals surface area contributed by atoms with Crippen LogP contribution in [0.25, 0.3) is 0 Å². The minimum Gasteiger partial charge on any atom is -0.354 e. The smallest absolute Gasteiger partial charge is 0.261 e. The Morgan fingerprint density at radius 3 is 2.22 bits per heavy atom. The Kier molecular flexibility index (Phi) is 9.90. The number of hydrogen-bond acceptors (Lipinski definition) is 4. The third-order valence-electron chi connectivity index (χ3n) is 6.20. The van der Waals surface area contributed by atoms with Crippen molar-refractivity contribution in [2.75, 3.05) is 13.1 Å². The van der Waals surface area contributed by atoms with E-state index in [0.29, 0.717) is 34.1 Å². The molecule has 0 saturated carbocycles. The first-order valence-electron chi connectivity index (χ1n) is 12.2. The molecule has 1 aliphatic heterocycles. The van der Waals surface area contributed by atoms with Gasteiger partial charge in [-0.25, -0.2) is 0 Å². The fourth-order valence-corrected chi connectivity index (χ4v) is 4.56. The number of halogens is 2. The lowest BCUT2D eigenvalue weighted by atomic mass is 10.1. The zero-order valence-corrected chi connectivity index (χ0v) is 22.1. The van der Waals surface area contributed by atoms with Gasteiger partial charge in [-0.05, 0) is 49.1 Å². The summed E-state index contributed by atoms with van der Waals surface area (Å²) in [6.07, 6.45) is 2.59. The minimum atomic E-state index is -0.664. The second-order valence-electron chi connectivity index (χ2n) is 8.75. The van der Waals surface area contributed by atoms with E-state index in [2.05, 4.69) is 5.32 Å². The Hall–Kier alpha value is -2.90. The summed E-state index contributed by atoms with van der Waals surface area (Å²) >= 11 is 12.2. The van der Waals surface area contributed by atoms with Crippen molar-refractivity contribution in [3.63, 3.8) is 0 Å². The van der Waals surface area contributed by atoms with Crippen molar-refractivity contribution in [3.05, 3.63) is 69.2 Å². The van der Waals surface area contributed by atoms with Gasteiger partial charge in [-0.3, -0.25) is 24.1 Å². The van der Waals surface area contributed by atoms with Crippen LogP contribution in [-0.2, 0) is 16.1 Å². The summed E-state index contributed by atoms with van der Waals surface area (Å²) in [7, 11) is 0. The molecule has 192 valence electrons. The Bertz CT molecular complexity index is 1100. The van der Waals surface area contributed by atoms with Crippen LogP contribution in [0.5, 0.6) is 0 Å². The van der Waals surface area contributed by atoms with Crippen molar-refractivity contribution >= 4 is 46.8 Å². The van der Waals surface area contributed by atoms with Gasteiger partial charge in [0.05, 0.1) is 21.2 Å². The van der Waals surface area contributed by atoms with E-state index in [1.165, 1.54) is 4.90 Å². The van der Waals surface area contributed by atoms with E-state index in [0.717, 1.165) is 18.4 Å². The van der Waals surface area contributed by atoms with Crippen LogP contribution in [0.4, 0.5) is 0 Å². The number of unbranched alkanes of at least 4 members (excludes halogenated alkanes) is 1. The number of carbonyl (C=O) groups excluding carboxylic acids is 4. The number of rotatable bonds is 12. The molecule has 2 aromatic carbocycles. The first-order valence-corrected chi connectivity index (χ1v) is 13.0. The molecule has 1 aliphatic rings. The van der Waals surface area contributed by atoms with Gasteiger partial charge in [0.25, 0.3) is 11.8 Å². The minimum absolute atomic E-state index is 0.0769. The van der Waals surface area contributed by atoms with Gasteiger partial charge < -0.3 is 10.2 Å². The monoisotopic (exact) mass is 531 g/mol. The third-order valence-corrected chi connectivity index (χ3v) is 6.94. The maximum absolute atomic E-state index is 13.4. The number of nitrogens with one attached hydrogen (secondary N) is 1.